The number of imidazole rings is 1. The number of aromatic nitrogens is 2. The summed E-state index contributed by atoms with van der Waals surface area (Å²) in [6, 6.07) is 0. The van der Waals surface area contributed by atoms with Gasteiger partial charge in [-0.1, -0.05) is 6.92 Å². The van der Waals surface area contributed by atoms with Gasteiger partial charge in [-0.3, -0.25) is 0 Å². The Morgan fingerprint density at radius 1 is 1.78 bits per heavy atom. The highest BCUT2D eigenvalue weighted by Gasteiger charge is 1.95. The molecule has 0 radical (unpaired) electrons. The molecule has 0 amide bonds. The van der Waals surface area contributed by atoms with Crippen molar-refractivity contribution in [1.82, 2.24) is 9.55 Å². The normalized spacial score (nSPS) is 10.0. The van der Waals surface area contributed by atoms with E-state index in [1.165, 1.54) is 4.57 Å². The molecule has 1 aromatic heterocycles. The highest BCUT2D eigenvalue weighted by molar-refractivity contribution is 4.90. The van der Waals surface area contributed by atoms with E-state index in [4.69, 9.17) is 0 Å². The van der Waals surface area contributed by atoms with E-state index in [2.05, 4.69) is 4.98 Å². The summed E-state index contributed by atoms with van der Waals surface area (Å²) in [6.45, 7) is 1.48. The van der Waals surface area contributed by atoms with Crippen molar-refractivity contribution in [3.8, 4) is 0 Å². The van der Waals surface area contributed by atoms with Gasteiger partial charge in [0.25, 0.3) is 0 Å². The minimum atomic E-state index is -0.469. The van der Waals surface area contributed by atoms with E-state index in [0.717, 1.165) is 12.2 Å². The first-order valence-corrected chi connectivity index (χ1v) is 2.94. The van der Waals surface area contributed by atoms with Crippen LogP contribution in [-0.2, 0) is 13.2 Å². The zero-order valence-corrected chi connectivity index (χ0v) is 5.34. The van der Waals surface area contributed by atoms with Gasteiger partial charge < -0.3 is 4.57 Å². The average molecular weight is 128 g/mol. The molecule has 50 valence electrons. The molecule has 0 N–H and O–H groups in total. The number of hydrogen-bond acceptors (Lipinski definition) is 1. The predicted octanol–water partition coefficient (Wildman–Crippen LogP) is 1.37. The molecule has 1 heterocycles. The van der Waals surface area contributed by atoms with Crippen LogP contribution >= 0.6 is 0 Å². The number of nitrogens with zero attached hydrogens (tertiary/aromatic N) is 2. The summed E-state index contributed by atoms with van der Waals surface area (Å²) >= 11 is 0. The van der Waals surface area contributed by atoms with Crippen LogP contribution in [0.2, 0.25) is 0 Å². The number of hydrogen-bond donors (Lipinski definition) is 0. The van der Waals surface area contributed by atoms with Crippen LogP contribution in [-0.4, -0.2) is 9.55 Å². The van der Waals surface area contributed by atoms with Crippen molar-refractivity contribution in [1.29, 1.82) is 0 Å². The Kier molecular flexibility index (Phi) is 1.82. The lowest BCUT2D eigenvalue weighted by atomic mass is 10.5. The molecule has 1 aromatic rings. The van der Waals surface area contributed by atoms with Crippen molar-refractivity contribution in [3.05, 3.63) is 18.2 Å². The van der Waals surface area contributed by atoms with E-state index in [0.29, 0.717) is 0 Å². The van der Waals surface area contributed by atoms with Crippen molar-refractivity contribution < 1.29 is 4.39 Å². The fourth-order valence-corrected chi connectivity index (χ4v) is 0.763. The number of halogens is 1. The molecule has 0 bridgehead atoms. The SMILES string of the molecule is CCc1nccn1CF. The molecule has 0 aliphatic carbocycles. The molecule has 3 heteroatoms. The highest BCUT2D eigenvalue weighted by Crippen LogP contribution is 1.97. The molecule has 0 aromatic carbocycles. The van der Waals surface area contributed by atoms with E-state index in [1.807, 2.05) is 6.92 Å². The Hall–Kier alpha value is -0.860. The molecular formula is C6H9FN2. The predicted molar refractivity (Wildman–Crippen MR) is 32.7 cm³/mol. The lowest BCUT2D eigenvalue weighted by molar-refractivity contribution is 0.369. The molecule has 0 aliphatic rings. The Morgan fingerprint density at radius 2 is 2.56 bits per heavy atom. The fourth-order valence-electron chi connectivity index (χ4n) is 0.763. The first kappa shape index (κ1) is 6.26. The van der Waals surface area contributed by atoms with Crippen molar-refractivity contribution in [2.75, 3.05) is 0 Å². The van der Waals surface area contributed by atoms with E-state index in [1.54, 1.807) is 12.4 Å². The van der Waals surface area contributed by atoms with Crippen LogP contribution in [0.3, 0.4) is 0 Å². The zero-order valence-electron chi connectivity index (χ0n) is 5.34. The summed E-state index contributed by atoms with van der Waals surface area (Å²) in [5.74, 6) is 0.803. The van der Waals surface area contributed by atoms with Crippen molar-refractivity contribution in [3.63, 3.8) is 0 Å². The smallest absolute Gasteiger partial charge is 0.166 e. The molecular weight excluding hydrogens is 119 g/mol. The molecule has 0 atom stereocenters. The van der Waals surface area contributed by atoms with E-state index < -0.39 is 6.80 Å². The molecule has 0 unspecified atom stereocenters. The molecule has 1 rings (SSSR count). The fraction of sp³-hybridized carbons (Fsp3) is 0.500. The van der Waals surface area contributed by atoms with Gasteiger partial charge in [-0.15, -0.1) is 0 Å². The van der Waals surface area contributed by atoms with Crippen LogP contribution < -0.4 is 0 Å². The third-order valence-corrected chi connectivity index (χ3v) is 1.25. The summed E-state index contributed by atoms with van der Waals surface area (Å²) in [5.41, 5.74) is 0. The summed E-state index contributed by atoms with van der Waals surface area (Å²) in [5, 5.41) is 0. The molecule has 0 fully saturated rings. The first-order valence-electron chi connectivity index (χ1n) is 2.94. The van der Waals surface area contributed by atoms with Gasteiger partial charge in [-0.05, 0) is 0 Å². The minimum absolute atomic E-state index is 0.469. The second kappa shape index (κ2) is 2.62. The van der Waals surface area contributed by atoms with Crippen molar-refractivity contribution in [2.24, 2.45) is 0 Å². The van der Waals surface area contributed by atoms with Gasteiger partial charge in [-0.25, -0.2) is 9.37 Å². The van der Waals surface area contributed by atoms with Crippen molar-refractivity contribution in [2.45, 2.75) is 20.1 Å². The molecule has 0 spiro atoms. The molecule has 0 saturated heterocycles. The standard InChI is InChI=1S/C6H9FN2/c1-2-6-8-3-4-9(6)5-7/h3-4H,2,5H2,1H3. The van der Waals surface area contributed by atoms with E-state index in [9.17, 15) is 4.39 Å². The second-order valence-electron chi connectivity index (χ2n) is 1.79. The monoisotopic (exact) mass is 128 g/mol. The van der Waals surface area contributed by atoms with Gasteiger partial charge in [0.15, 0.2) is 6.80 Å². The van der Waals surface area contributed by atoms with Gasteiger partial charge >= 0.3 is 0 Å². The van der Waals surface area contributed by atoms with Gasteiger partial charge in [-0.2, -0.15) is 0 Å². The molecule has 9 heavy (non-hydrogen) atoms. The van der Waals surface area contributed by atoms with Gasteiger partial charge in [0.05, 0.1) is 0 Å². The third kappa shape index (κ3) is 1.09. The summed E-state index contributed by atoms with van der Waals surface area (Å²) in [4.78, 5) is 3.93. The minimum Gasteiger partial charge on any atom is -0.306 e. The highest BCUT2D eigenvalue weighted by atomic mass is 19.1. The first-order chi connectivity index (χ1) is 4.38. The lowest BCUT2D eigenvalue weighted by Crippen LogP contribution is -1.97. The van der Waals surface area contributed by atoms with Crippen LogP contribution in [0.1, 0.15) is 12.7 Å². The number of alkyl halides is 1. The summed E-state index contributed by atoms with van der Waals surface area (Å²) in [6.07, 6.45) is 4.04. The Bertz CT molecular complexity index is 164. The van der Waals surface area contributed by atoms with Gasteiger partial charge in [0, 0.05) is 18.8 Å². The maximum Gasteiger partial charge on any atom is 0.166 e. The molecule has 0 aliphatic heterocycles. The second-order valence-corrected chi connectivity index (χ2v) is 1.79. The summed E-state index contributed by atoms with van der Waals surface area (Å²) < 4.78 is 13.4. The van der Waals surface area contributed by atoms with Crippen LogP contribution in [0.4, 0.5) is 4.39 Å². The number of aryl methyl sites for hydroxylation is 1. The van der Waals surface area contributed by atoms with Crippen LogP contribution in [0, 0.1) is 0 Å². The van der Waals surface area contributed by atoms with E-state index >= 15 is 0 Å². The third-order valence-electron chi connectivity index (χ3n) is 1.25. The molecule has 0 saturated carbocycles. The maximum atomic E-state index is 11.9. The summed E-state index contributed by atoms with van der Waals surface area (Å²) in [7, 11) is 0. The molecule has 2 nitrogen and oxygen atoms in total. The van der Waals surface area contributed by atoms with Crippen molar-refractivity contribution >= 4 is 0 Å². The maximum absolute atomic E-state index is 11.9. The lowest BCUT2D eigenvalue weighted by Gasteiger charge is -1.96. The topological polar surface area (TPSA) is 17.8 Å². The van der Waals surface area contributed by atoms with E-state index in [-0.39, 0.29) is 0 Å². The van der Waals surface area contributed by atoms with Crippen LogP contribution in [0.5, 0.6) is 0 Å². The number of rotatable bonds is 2. The quantitative estimate of drug-likeness (QED) is 0.588. The zero-order chi connectivity index (χ0) is 6.69. The van der Waals surface area contributed by atoms with Gasteiger partial charge in [0.1, 0.15) is 5.82 Å². The largest absolute Gasteiger partial charge is 0.306 e. The van der Waals surface area contributed by atoms with Gasteiger partial charge in [0.2, 0.25) is 0 Å². The van der Waals surface area contributed by atoms with Crippen LogP contribution in [0.15, 0.2) is 12.4 Å². The van der Waals surface area contributed by atoms with Crippen LogP contribution in [0.25, 0.3) is 0 Å². The Labute approximate surface area is 53.3 Å². The Balaban J connectivity index is 2.85. The Morgan fingerprint density at radius 3 is 3.00 bits per heavy atom. The average Bonchev–Trinajstić information content (AvgIpc) is 2.33.